The highest BCUT2D eigenvalue weighted by atomic mass is 19.1. The van der Waals surface area contributed by atoms with Gasteiger partial charge in [0.2, 0.25) is 0 Å². The van der Waals surface area contributed by atoms with Gasteiger partial charge in [-0.2, -0.15) is 0 Å². The molecular formula is C19H30FN3O2. The van der Waals surface area contributed by atoms with Crippen LogP contribution in [0.5, 0.6) is 0 Å². The molecule has 1 saturated heterocycles. The number of amides is 2. The highest BCUT2D eigenvalue weighted by molar-refractivity contribution is 5.73. The Bertz CT molecular complexity index is 552. The predicted molar refractivity (Wildman–Crippen MR) is 97.2 cm³/mol. The number of nitrogens with zero attached hydrogens (tertiary/aromatic N) is 1. The molecule has 0 saturated carbocycles. The van der Waals surface area contributed by atoms with Crippen LogP contribution < -0.4 is 10.6 Å². The Balaban J connectivity index is 1.72. The topological polar surface area (TPSA) is 53.6 Å². The van der Waals surface area contributed by atoms with Crippen LogP contribution in [0.1, 0.15) is 33.3 Å². The molecule has 1 aliphatic heterocycles. The zero-order valence-corrected chi connectivity index (χ0v) is 15.6. The van der Waals surface area contributed by atoms with E-state index >= 15 is 0 Å². The molecule has 1 fully saturated rings. The fourth-order valence-electron chi connectivity index (χ4n) is 3.11. The molecule has 0 radical (unpaired) electrons. The minimum Gasteiger partial charge on any atom is -0.373 e. The van der Waals surface area contributed by atoms with Crippen LogP contribution in [0.3, 0.4) is 0 Å². The molecule has 6 heteroatoms. The van der Waals surface area contributed by atoms with Crippen molar-refractivity contribution in [2.75, 3.05) is 26.2 Å². The van der Waals surface area contributed by atoms with Crippen molar-refractivity contribution in [3.05, 3.63) is 35.6 Å². The van der Waals surface area contributed by atoms with Gasteiger partial charge in [-0.3, -0.25) is 4.90 Å². The molecule has 1 aliphatic rings. The summed E-state index contributed by atoms with van der Waals surface area (Å²) in [6.45, 7) is 11.2. The summed E-state index contributed by atoms with van der Waals surface area (Å²) in [4.78, 5) is 14.4. The van der Waals surface area contributed by atoms with Gasteiger partial charge in [0.1, 0.15) is 5.82 Å². The Hall–Kier alpha value is -1.66. The molecule has 1 heterocycles. The Morgan fingerprint density at radius 1 is 1.20 bits per heavy atom. The number of nitrogens with one attached hydrogen (secondary N) is 2. The summed E-state index contributed by atoms with van der Waals surface area (Å²) in [5, 5.41) is 5.80. The van der Waals surface area contributed by atoms with Gasteiger partial charge in [0.05, 0.1) is 12.2 Å². The summed E-state index contributed by atoms with van der Waals surface area (Å²) in [5.74, 6) is -0.247. The van der Waals surface area contributed by atoms with Crippen LogP contribution >= 0.6 is 0 Å². The van der Waals surface area contributed by atoms with E-state index in [1.54, 1.807) is 12.1 Å². The maximum Gasteiger partial charge on any atom is 0.314 e. The van der Waals surface area contributed by atoms with Gasteiger partial charge >= 0.3 is 6.03 Å². The molecule has 2 atom stereocenters. The van der Waals surface area contributed by atoms with Crippen LogP contribution in [-0.2, 0) is 11.2 Å². The molecular weight excluding hydrogens is 321 g/mol. The molecule has 0 bridgehead atoms. The van der Waals surface area contributed by atoms with Crippen LogP contribution in [0, 0.1) is 5.82 Å². The lowest BCUT2D eigenvalue weighted by atomic mass is 10.00. The summed E-state index contributed by atoms with van der Waals surface area (Å²) in [6.07, 6.45) is 1.08. The maximum atomic E-state index is 12.9. The molecule has 2 amide bonds. The first-order valence-corrected chi connectivity index (χ1v) is 8.93. The van der Waals surface area contributed by atoms with Crippen molar-refractivity contribution in [3.8, 4) is 0 Å². The largest absolute Gasteiger partial charge is 0.373 e. The normalized spacial score (nSPS) is 21.8. The van der Waals surface area contributed by atoms with E-state index in [1.807, 2.05) is 0 Å². The number of halogens is 1. The van der Waals surface area contributed by atoms with E-state index in [9.17, 15) is 9.18 Å². The zero-order chi connectivity index (χ0) is 18.4. The third-order valence-electron chi connectivity index (χ3n) is 4.57. The Kier molecular flexibility index (Phi) is 6.79. The van der Waals surface area contributed by atoms with Crippen molar-refractivity contribution in [3.63, 3.8) is 0 Å². The number of ether oxygens (including phenoxy) is 1. The fourth-order valence-corrected chi connectivity index (χ4v) is 3.11. The molecule has 0 aliphatic carbocycles. The Morgan fingerprint density at radius 2 is 1.80 bits per heavy atom. The molecule has 140 valence electrons. The second-order valence-corrected chi connectivity index (χ2v) is 7.46. The van der Waals surface area contributed by atoms with E-state index in [0.717, 1.165) is 18.7 Å². The second kappa shape index (κ2) is 8.63. The van der Waals surface area contributed by atoms with Crippen molar-refractivity contribution in [1.82, 2.24) is 15.5 Å². The maximum absolute atomic E-state index is 12.9. The Morgan fingerprint density at radius 3 is 2.40 bits per heavy atom. The monoisotopic (exact) mass is 351 g/mol. The van der Waals surface area contributed by atoms with Crippen molar-refractivity contribution in [1.29, 1.82) is 0 Å². The van der Waals surface area contributed by atoms with Crippen LogP contribution in [0.2, 0.25) is 0 Å². The average Bonchev–Trinajstić information content (AvgIpc) is 2.54. The van der Waals surface area contributed by atoms with Gasteiger partial charge in [0.25, 0.3) is 0 Å². The highest BCUT2D eigenvalue weighted by Gasteiger charge is 2.33. The van der Waals surface area contributed by atoms with Gasteiger partial charge in [-0.1, -0.05) is 12.1 Å². The molecule has 1 aromatic rings. The van der Waals surface area contributed by atoms with Gasteiger partial charge in [-0.05, 0) is 51.8 Å². The van der Waals surface area contributed by atoms with E-state index in [1.165, 1.54) is 12.1 Å². The van der Waals surface area contributed by atoms with Gasteiger partial charge in [-0.15, -0.1) is 0 Å². The first-order chi connectivity index (χ1) is 11.8. The van der Waals surface area contributed by atoms with Gasteiger partial charge in [0.15, 0.2) is 0 Å². The number of hydrogen-bond donors (Lipinski definition) is 2. The molecule has 2 unspecified atom stereocenters. The van der Waals surface area contributed by atoms with Crippen molar-refractivity contribution >= 4 is 6.03 Å². The van der Waals surface area contributed by atoms with Gasteiger partial charge in [-0.25, -0.2) is 9.18 Å². The van der Waals surface area contributed by atoms with Gasteiger partial charge < -0.3 is 15.4 Å². The summed E-state index contributed by atoms with van der Waals surface area (Å²) >= 11 is 0. The van der Waals surface area contributed by atoms with E-state index in [-0.39, 0.29) is 29.6 Å². The van der Waals surface area contributed by atoms with Crippen molar-refractivity contribution < 1.29 is 13.9 Å². The van der Waals surface area contributed by atoms with Crippen LogP contribution in [0.4, 0.5) is 9.18 Å². The molecule has 2 rings (SSSR count). The van der Waals surface area contributed by atoms with E-state index < -0.39 is 0 Å². The number of morpholine rings is 1. The smallest absolute Gasteiger partial charge is 0.314 e. The molecule has 25 heavy (non-hydrogen) atoms. The number of urea groups is 1. The quantitative estimate of drug-likeness (QED) is 0.828. The summed E-state index contributed by atoms with van der Waals surface area (Å²) in [6, 6.07) is 6.16. The lowest BCUT2D eigenvalue weighted by Crippen LogP contribution is -2.59. The summed E-state index contributed by atoms with van der Waals surface area (Å²) in [5.41, 5.74) is 0.860. The summed E-state index contributed by atoms with van der Waals surface area (Å²) in [7, 11) is 0. The fraction of sp³-hybridized carbons (Fsp3) is 0.632. The minimum atomic E-state index is -0.247. The zero-order valence-electron chi connectivity index (χ0n) is 15.6. The standard InChI is InChI=1S/C19H30FN3O2/c1-14-11-23(12-15(2)25-14)19(3,4)13-22-18(24)21-10-9-16-5-7-17(20)8-6-16/h5-8,14-15H,9-13H2,1-4H3,(H2,21,22,24). The van der Waals surface area contributed by atoms with Crippen LogP contribution in [0.15, 0.2) is 24.3 Å². The first kappa shape index (κ1) is 19.7. The van der Waals surface area contributed by atoms with E-state index in [4.69, 9.17) is 4.74 Å². The third-order valence-corrected chi connectivity index (χ3v) is 4.57. The van der Waals surface area contributed by atoms with Crippen LogP contribution in [0.25, 0.3) is 0 Å². The van der Waals surface area contributed by atoms with E-state index in [0.29, 0.717) is 19.5 Å². The SMILES string of the molecule is CC1CN(C(C)(C)CNC(=O)NCCc2ccc(F)cc2)CC(C)O1. The third kappa shape index (κ3) is 6.29. The summed E-state index contributed by atoms with van der Waals surface area (Å²) < 4.78 is 18.6. The highest BCUT2D eigenvalue weighted by Crippen LogP contribution is 2.20. The predicted octanol–water partition coefficient (Wildman–Crippen LogP) is 2.56. The molecule has 0 spiro atoms. The van der Waals surface area contributed by atoms with Crippen molar-refractivity contribution in [2.45, 2.75) is 51.9 Å². The lowest BCUT2D eigenvalue weighted by molar-refractivity contribution is -0.0947. The number of benzene rings is 1. The van der Waals surface area contributed by atoms with Crippen LogP contribution in [-0.4, -0.2) is 54.9 Å². The number of hydrogen-bond acceptors (Lipinski definition) is 3. The molecule has 0 aromatic heterocycles. The van der Waals surface area contributed by atoms with Gasteiger partial charge in [0, 0.05) is 31.7 Å². The number of carbonyl (C=O) groups excluding carboxylic acids is 1. The lowest BCUT2D eigenvalue weighted by Gasteiger charge is -2.45. The second-order valence-electron chi connectivity index (χ2n) is 7.46. The Labute approximate surface area is 149 Å². The molecule has 2 N–H and O–H groups in total. The number of rotatable bonds is 6. The first-order valence-electron chi connectivity index (χ1n) is 8.93. The number of carbonyl (C=O) groups is 1. The van der Waals surface area contributed by atoms with E-state index in [2.05, 4.69) is 43.2 Å². The minimum absolute atomic E-state index is 0.138. The molecule has 5 nitrogen and oxygen atoms in total. The van der Waals surface area contributed by atoms with Crippen molar-refractivity contribution in [2.24, 2.45) is 0 Å². The average molecular weight is 351 g/mol. The molecule has 1 aromatic carbocycles.